The van der Waals surface area contributed by atoms with Gasteiger partial charge >= 0.3 is 17.9 Å². The Morgan fingerprint density at radius 1 is 1.04 bits per heavy atom. The number of rotatable bonds is 12. The van der Waals surface area contributed by atoms with Gasteiger partial charge in [-0.05, 0) is 59.4 Å². The monoisotopic (exact) mass is 395 g/mol. The topological polar surface area (TPSA) is 104 Å². The number of carboxylic acid groups (broad SMARTS) is 2. The van der Waals surface area contributed by atoms with Gasteiger partial charge in [0, 0.05) is 23.3 Å². The minimum absolute atomic E-state index is 0.0223. The van der Waals surface area contributed by atoms with Crippen LogP contribution in [0.5, 0.6) is 0 Å². The second-order valence-electron chi connectivity index (χ2n) is 7.02. The lowest BCUT2D eigenvalue weighted by atomic mass is 9.98. The number of nitrogens with zero attached hydrogens (tertiary/aromatic N) is 1. The van der Waals surface area contributed by atoms with Crippen molar-refractivity contribution < 1.29 is 29.3 Å². The third-order valence-corrected chi connectivity index (χ3v) is 4.28. The maximum Gasteiger partial charge on any atom is 0.334 e. The third kappa shape index (κ3) is 9.50. The van der Waals surface area contributed by atoms with E-state index in [0.29, 0.717) is 24.1 Å². The number of hydrogen-bond acceptors (Lipinski definition) is 5. The number of aliphatic carboxylic acids is 2. The number of carbonyl (C=O) groups is 3. The van der Waals surface area contributed by atoms with Crippen LogP contribution in [0, 0.1) is 0 Å². The van der Waals surface area contributed by atoms with Crippen LogP contribution in [0.3, 0.4) is 0 Å². The first kappa shape index (κ1) is 25.6. The summed E-state index contributed by atoms with van der Waals surface area (Å²) in [5.74, 6) is -2.88. The van der Waals surface area contributed by atoms with Crippen molar-refractivity contribution in [2.45, 2.75) is 59.5 Å². The van der Waals surface area contributed by atoms with Gasteiger partial charge in [-0.15, -0.1) is 0 Å². The Balaban J connectivity index is 5.94. The summed E-state index contributed by atoms with van der Waals surface area (Å²) in [4.78, 5) is 37.2. The third-order valence-electron chi connectivity index (χ3n) is 4.28. The molecule has 0 aliphatic carbocycles. The standard InChI is InChI=1S/C21H33NO6/c1-7-8-9-10-14(2)21(27)28-18(13-15(3)19(23)24)17(11-12-22(5)6)16(4)20(25)26/h10,13,18H,7-9,11-12H2,1-6H3,(H,23,24)(H,25,26). The van der Waals surface area contributed by atoms with E-state index in [1.165, 1.54) is 19.9 Å². The molecule has 28 heavy (non-hydrogen) atoms. The molecule has 0 rings (SSSR count). The molecule has 0 fully saturated rings. The van der Waals surface area contributed by atoms with Crippen LogP contribution in [0.4, 0.5) is 0 Å². The quantitative estimate of drug-likeness (QED) is 0.296. The van der Waals surface area contributed by atoms with E-state index in [1.807, 2.05) is 25.9 Å². The van der Waals surface area contributed by atoms with E-state index in [2.05, 4.69) is 0 Å². The predicted molar refractivity (Wildman–Crippen MR) is 108 cm³/mol. The highest BCUT2D eigenvalue weighted by Gasteiger charge is 2.23. The van der Waals surface area contributed by atoms with Crippen molar-refractivity contribution in [3.8, 4) is 0 Å². The molecule has 158 valence electrons. The van der Waals surface area contributed by atoms with Crippen LogP contribution in [0.2, 0.25) is 0 Å². The normalized spacial score (nSPS) is 14.5. The fourth-order valence-corrected chi connectivity index (χ4v) is 2.34. The first-order chi connectivity index (χ1) is 13.0. The summed E-state index contributed by atoms with van der Waals surface area (Å²) in [5, 5.41) is 18.6. The van der Waals surface area contributed by atoms with Gasteiger partial charge in [0.25, 0.3) is 0 Å². The zero-order valence-corrected chi connectivity index (χ0v) is 17.7. The highest BCUT2D eigenvalue weighted by Crippen LogP contribution is 2.21. The summed E-state index contributed by atoms with van der Waals surface area (Å²) in [7, 11) is 3.68. The van der Waals surface area contributed by atoms with E-state index in [9.17, 15) is 24.6 Å². The molecular formula is C21H33NO6. The van der Waals surface area contributed by atoms with Crippen LogP contribution >= 0.6 is 0 Å². The minimum atomic E-state index is -1.16. The minimum Gasteiger partial charge on any atom is -0.478 e. The second kappa shape index (κ2) is 12.9. The highest BCUT2D eigenvalue weighted by molar-refractivity contribution is 5.90. The largest absolute Gasteiger partial charge is 0.478 e. The molecule has 0 radical (unpaired) electrons. The number of allylic oxidation sites excluding steroid dienone is 1. The molecule has 0 amide bonds. The molecule has 0 bridgehead atoms. The van der Waals surface area contributed by atoms with Crippen molar-refractivity contribution >= 4 is 17.9 Å². The molecule has 1 unspecified atom stereocenters. The molecule has 1 atom stereocenters. The van der Waals surface area contributed by atoms with E-state index in [1.54, 1.807) is 13.0 Å². The van der Waals surface area contributed by atoms with Gasteiger partial charge in [0.15, 0.2) is 0 Å². The van der Waals surface area contributed by atoms with Gasteiger partial charge in [-0.25, -0.2) is 14.4 Å². The number of ether oxygens (including phenoxy) is 1. The smallest absolute Gasteiger partial charge is 0.334 e. The second-order valence-corrected chi connectivity index (χ2v) is 7.02. The van der Waals surface area contributed by atoms with Crippen molar-refractivity contribution in [3.05, 3.63) is 34.4 Å². The lowest BCUT2D eigenvalue weighted by Crippen LogP contribution is -2.25. The van der Waals surface area contributed by atoms with Crippen LogP contribution in [-0.2, 0) is 19.1 Å². The van der Waals surface area contributed by atoms with Gasteiger partial charge in [-0.2, -0.15) is 0 Å². The molecule has 7 nitrogen and oxygen atoms in total. The molecule has 7 heteroatoms. The first-order valence-electron chi connectivity index (χ1n) is 9.38. The Morgan fingerprint density at radius 2 is 1.64 bits per heavy atom. The predicted octanol–water partition coefficient (Wildman–Crippen LogP) is 3.42. The van der Waals surface area contributed by atoms with Gasteiger partial charge in [-0.3, -0.25) is 0 Å². The number of carbonyl (C=O) groups excluding carboxylic acids is 1. The molecule has 0 aromatic heterocycles. The van der Waals surface area contributed by atoms with E-state index >= 15 is 0 Å². The van der Waals surface area contributed by atoms with Crippen molar-refractivity contribution in [2.75, 3.05) is 20.6 Å². The molecular weight excluding hydrogens is 362 g/mol. The maximum absolute atomic E-state index is 12.5. The molecule has 2 N–H and O–H groups in total. The average Bonchev–Trinajstić information content (AvgIpc) is 2.60. The van der Waals surface area contributed by atoms with Crippen LogP contribution in [0.1, 0.15) is 53.4 Å². The van der Waals surface area contributed by atoms with Gasteiger partial charge in [0.2, 0.25) is 0 Å². The zero-order chi connectivity index (χ0) is 21.9. The van der Waals surface area contributed by atoms with Gasteiger partial charge < -0.3 is 19.8 Å². The molecule has 0 aliphatic rings. The Labute approximate surface area is 167 Å². The zero-order valence-electron chi connectivity index (χ0n) is 17.7. The molecule has 0 aliphatic heterocycles. The maximum atomic E-state index is 12.5. The Kier molecular flexibility index (Phi) is 11.8. The lowest BCUT2D eigenvalue weighted by molar-refractivity contribution is -0.141. The Hall–Kier alpha value is -2.41. The van der Waals surface area contributed by atoms with Crippen LogP contribution in [0.25, 0.3) is 0 Å². The molecule has 0 spiro atoms. The summed E-state index contributed by atoms with van der Waals surface area (Å²) < 4.78 is 5.54. The van der Waals surface area contributed by atoms with Gasteiger partial charge in [-0.1, -0.05) is 25.8 Å². The SMILES string of the molecule is CCCCC=C(C)C(=O)OC(C=C(C)C(=O)O)C(CCN(C)C)=C(C)C(=O)O. The lowest BCUT2D eigenvalue weighted by Gasteiger charge is -2.22. The summed E-state index contributed by atoms with van der Waals surface area (Å²) in [5.41, 5.74) is 0.809. The number of unbranched alkanes of at least 4 members (excludes halogenated alkanes) is 2. The van der Waals surface area contributed by atoms with Crippen LogP contribution < -0.4 is 0 Å². The Bertz CT molecular complexity index is 658. The molecule has 0 heterocycles. The average molecular weight is 395 g/mol. The molecule has 0 saturated heterocycles. The molecule has 0 saturated carbocycles. The number of carboxylic acids is 2. The van der Waals surface area contributed by atoms with Crippen molar-refractivity contribution in [1.29, 1.82) is 0 Å². The number of esters is 1. The fraction of sp³-hybridized carbons (Fsp3) is 0.571. The van der Waals surface area contributed by atoms with E-state index in [0.717, 1.165) is 19.3 Å². The summed E-state index contributed by atoms with van der Waals surface area (Å²) in [6.07, 6.45) is 5.01. The molecule has 0 aromatic carbocycles. The first-order valence-corrected chi connectivity index (χ1v) is 9.38. The van der Waals surface area contributed by atoms with Gasteiger partial charge in [0.1, 0.15) is 6.10 Å². The fourth-order valence-electron chi connectivity index (χ4n) is 2.34. The van der Waals surface area contributed by atoms with Gasteiger partial charge in [0.05, 0.1) is 0 Å². The van der Waals surface area contributed by atoms with Crippen LogP contribution in [-0.4, -0.2) is 59.8 Å². The Morgan fingerprint density at radius 3 is 2.11 bits per heavy atom. The summed E-state index contributed by atoms with van der Waals surface area (Å²) in [6.45, 7) is 7.03. The molecule has 0 aromatic rings. The highest BCUT2D eigenvalue weighted by atomic mass is 16.5. The van der Waals surface area contributed by atoms with Crippen molar-refractivity contribution in [2.24, 2.45) is 0 Å². The summed E-state index contributed by atoms with van der Waals surface area (Å²) >= 11 is 0. The van der Waals surface area contributed by atoms with Crippen molar-refractivity contribution in [1.82, 2.24) is 4.90 Å². The van der Waals surface area contributed by atoms with E-state index in [4.69, 9.17) is 4.74 Å². The summed E-state index contributed by atoms with van der Waals surface area (Å²) in [6, 6.07) is 0. The van der Waals surface area contributed by atoms with E-state index < -0.39 is 24.0 Å². The number of hydrogen-bond donors (Lipinski definition) is 2. The van der Waals surface area contributed by atoms with E-state index in [-0.39, 0.29) is 11.1 Å². The van der Waals surface area contributed by atoms with Crippen molar-refractivity contribution in [3.63, 3.8) is 0 Å². The van der Waals surface area contributed by atoms with Crippen LogP contribution in [0.15, 0.2) is 34.4 Å².